The van der Waals surface area contributed by atoms with Crippen molar-refractivity contribution in [2.24, 2.45) is 0 Å². The Morgan fingerprint density at radius 2 is 1.85 bits per heavy atom. The molecule has 0 saturated heterocycles. The molecule has 0 radical (unpaired) electrons. The lowest BCUT2D eigenvalue weighted by atomic mass is 10.2. The minimum absolute atomic E-state index is 0.0242. The Bertz CT molecular complexity index is 444. The number of anilines is 2. The summed E-state index contributed by atoms with van der Waals surface area (Å²) in [5, 5.41) is 12.4. The number of benzene rings is 1. The van der Waals surface area contributed by atoms with E-state index in [1.807, 2.05) is 57.1 Å². The summed E-state index contributed by atoms with van der Waals surface area (Å²) in [5.41, 5.74) is 1.71. The highest BCUT2D eigenvalue weighted by atomic mass is 16.3. The lowest BCUT2D eigenvalue weighted by Crippen LogP contribution is -2.43. The zero-order valence-corrected chi connectivity index (χ0v) is 12.9. The topological polar surface area (TPSA) is 55.8 Å². The Balaban J connectivity index is 2.88. The molecule has 0 aliphatic carbocycles. The number of para-hydroxylation sites is 2. The number of urea groups is 1. The Labute approximate surface area is 121 Å². The van der Waals surface area contributed by atoms with Gasteiger partial charge in [0.15, 0.2) is 0 Å². The number of carbonyl (C=O) groups excluding carboxylic acids is 1. The van der Waals surface area contributed by atoms with Crippen LogP contribution in [-0.4, -0.2) is 48.8 Å². The number of rotatable bonds is 5. The van der Waals surface area contributed by atoms with Crippen LogP contribution in [0.4, 0.5) is 16.2 Å². The Kier molecular flexibility index (Phi) is 5.82. The molecule has 1 atom stereocenters. The molecular formula is C15H25N3O2. The van der Waals surface area contributed by atoms with Crippen LogP contribution in [0.1, 0.15) is 20.8 Å². The molecule has 0 aromatic heterocycles. The average molecular weight is 279 g/mol. The fraction of sp³-hybridized carbons (Fsp3) is 0.533. The molecule has 1 unspecified atom stereocenters. The second kappa shape index (κ2) is 7.14. The highest BCUT2D eigenvalue weighted by Crippen LogP contribution is 2.24. The molecule has 5 nitrogen and oxygen atoms in total. The molecule has 1 rings (SSSR count). The molecule has 0 aliphatic rings. The van der Waals surface area contributed by atoms with Gasteiger partial charge in [-0.05, 0) is 32.9 Å². The number of hydrogen-bond acceptors (Lipinski definition) is 3. The van der Waals surface area contributed by atoms with Gasteiger partial charge in [0.2, 0.25) is 0 Å². The fourth-order valence-electron chi connectivity index (χ4n) is 1.97. The summed E-state index contributed by atoms with van der Waals surface area (Å²) in [7, 11) is 3.86. The van der Waals surface area contributed by atoms with E-state index in [2.05, 4.69) is 5.32 Å². The van der Waals surface area contributed by atoms with Crippen molar-refractivity contribution in [3.8, 4) is 0 Å². The summed E-state index contributed by atoms with van der Waals surface area (Å²) in [6.45, 7) is 5.85. The van der Waals surface area contributed by atoms with E-state index in [9.17, 15) is 9.90 Å². The van der Waals surface area contributed by atoms with E-state index >= 15 is 0 Å². The predicted molar refractivity (Wildman–Crippen MR) is 83.3 cm³/mol. The molecule has 112 valence electrons. The SMILES string of the molecule is CC(O)CN(C(=O)Nc1ccccc1N(C)C)C(C)C. The van der Waals surface area contributed by atoms with Gasteiger partial charge in [0.1, 0.15) is 0 Å². The molecule has 2 N–H and O–H groups in total. The summed E-state index contributed by atoms with van der Waals surface area (Å²) >= 11 is 0. The molecule has 2 amide bonds. The van der Waals surface area contributed by atoms with Gasteiger partial charge in [0.05, 0.1) is 17.5 Å². The standard InChI is InChI=1S/C15H25N3O2/c1-11(2)18(10-12(3)19)15(20)16-13-8-6-7-9-14(13)17(4)5/h6-9,11-12,19H,10H2,1-5H3,(H,16,20). The summed E-state index contributed by atoms with van der Waals surface area (Å²) in [6.07, 6.45) is -0.549. The number of nitrogens with one attached hydrogen (secondary N) is 1. The first-order valence-electron chi connectivity index (χ1n) is 6.85. The van der Waals surface area contributed by atoms with E-state index < -0.39 is 6.10 Å². The van der Waals surface area contributed by atoms with Crippen LogP contribution < -0.4 is 10.2 Å². The Hall–Kier alpha value is -1.75. The van der Waals surface area contributed by atoms with Crippen LogP contribution in [0.2, 0.25) is 0 Å². The zero-order valence-electron chi connectivity index (χ0n) is 12.9. The van der Waals surface area contributed by atoms with E-state index in [4.69, 9.17) is 0 Å². The van der Waals surface area contributed by atoms with Crippen molar-refractivity contribution in [2.45, 2.75) is 32.9 Å². The highest BCUT2D eigenvalue weighted by molar-refractivity contribution is 5.93. The van der Waals surface area contributed by atoms with Crippen molar-refractivity contribution in [3.05, 3.63) is 24.3 Å². The largest absolute Gasteiger partial charge is 0.392 e. The molecule has 20 heavy (non-hydrogen) atoms. The first-order valence-corrected chi connectivity index (χ1v) is 6.85. The first kappa shape index (κ1) is 16.3. The zero-order chi connectivity index (χ0) is 15.3. The summed E-state index contributed by atoms with van der Waals surface area (Å²) < 4.78 is 0. The third-order valence-electron chi connectivity index (χ3n) is 2.97. The lowest BCUT2D eigenvalue weighted by Gasteiger charge is -2.29. The van der Waals surface area contributed by atoms with Gasteiger partial charge in [-0.3, -0.25) is 0 Å². The minimum atomic E-state index is -0.549. The van der Waals surface area contributed by atoms with E-state index in [1.54, 1.807) is 11.8 Å². The molecule has 1 aromatic carbocycles. The van der Waals surface area contributed by atoms with Gasteiger partial charge in [-0.25, -0.2) is 4.79 Å². The van der Waals surface area contributed by atoms with Crippen LogP contribution in [0.15, 0.2) is 24.3 Å². The first-order chi connectivity index (χ1) is 9.32. The molecule has 0 bridgehead atoms. The van der Waals surface area contributed by atoms with Crippen LogP contribution in [0.25, 0.3) is 0 Å². The second-order valence-electron chi connectivity index (χ2n) is 5.44. The number of carbonyl (C=O) groups is 1. The monoisotopic (exact) mass is 279 g/mol. The molecule has 0 fully saturated rings. The van der Waals surface area contributed by atoms with Crippen LogP contribution >= 0.6 is 0 Å². The van der Waals surface area contributed by atoms with Gasteiger partial charge in [-0.2, -0.15) is 0 Å². The van der Waals surface area contributed by atoms with Crippen LogP contribution in [0.5, 0.6) is 0 Å². The summed E-state index contributed by atoms with van der Waals surface area (Å²) in [6, 6.07) is 7.46. The Morgan fingerprint density at radius 1 is 1.25 bits per heavy atom. The van der Waals surface area contributed by atoms with E-state index in [0.717, 1.165) is 11.4 Å². The molecule has 1 aromatic rings. The maximum Gasteiger partial charge on any atom is 0.322 e. The normalized spacial score (nSPS) is 12.2. The van der Waals surface area contributed by atoms with Crippen molar-refractivity contribution in [2.75, 3.05) is 30.9 Å². The van der Waals surface area contributed by atoms with Gasteiger partial charge in [0.25, 0.3) is 0 Å². The van der Waals surface area contributed by atoms with Crippen molar-refractivity contribution in [1.82, 2.24) is 4.90 Å². The molecule has 0 aliphatic heterocycles. The average Bonchev–Trinajstić information content (AvgIpc) is 2.35. The Morgan fingerprint density at radius 3 is 2.35 bits per heavy atom. The number of hydrogen-bond donors (Lipinski definition) is 2. The maximum absolute atomic E-state index is 12.3. The van der Waals surface area contributed by atoms with Crippen LogP contribution in [0, 0.1) is 0 Å². The number of amides is 2. The van der Waals surface area contributed by atoms with Gasteiger partial charge in [-0.1, -0.05) is 12.1 Å². The number of aliphatic hydroxyl groups is 1. The van der Waals surface area contributed by atoms with Gasteiger partial charge < -0.3 is 20.2 Å². The molecule has 0 saturated carbocycles. The fourth-order valence-corrected chi connectivity index (χ4v) is 1.97. The van der Waals surface area contributed by atoms with E-state index in [1.165, 1.54) is 0 Å². The van der Waals surface area contributed by atoms with Crippen molar-refractivity contribution >= 4 is 17.4 Å². The van der Waals surface area contributed by atoms with E-state index in [-0.39, 0.29) is 12.1 Å². The van der Waals surface area contributed by atoms with Crippen molar-refractivity contribution in [1.29, 1.82) is 0 Å². The van der Waals surface area contributed by atoms with Crippen LogP contribution in [-0.2, 0) is 0 Å². The smallest absolute Gasteiger partial charge is 0.322 e. The number of aliphatic hydroxyl groups excluding tert-OH is 1. The lowest BCUT2D eigenvalue weighted by molar-refractivity contribution is 0.125. The van der Waals surface area contributed by atoms with Crippen molar-refractivity contribution in [3.63, 3.8) is 0 Å². The quantitative estimate of drug-likeness (QED) is 0.870. The van der Waals surface area contributed by atoms with Gasteiger partial charge >= 0.3 is 6.03 Å². The van der Waals surface area contributed by atoms with E-state index in [0.29, 0.717) is 6.54 Å². The van der Waals surface area contributed by atoms with Crippen LogP contribution in [0.3, 0.4) is 0 Å². The summed E-state index contributed by atoms with van der Waals surface area (Å²) in [4.78, 5) is 15.9. The van der Waals surface area contributed by atoms with Crippen molar-refractivity contribution < 1.29 is 9.90 Å². The maximum atomic E-state index is 12.3. The molecule has 5 heteroatoms. The third kappa shape index (κ3) is 4.42. The molecule has 0 spiro atoms. The third-order valence-corrected chi connectivity index (χ3v) is 2.97. The number of nitrogens with zero attached hydrogens (tertiary/aromatic N) is 2. The molecular weight excluding hydrogens is 254 g/mol. The summed E-state index contributed by atoms with van der Waals surface area (Å²) in [5.74, 6) is 0. The minimum Gasteiger partial charge on any atom is -0.392 e. The van der Waals surface area contributed by atoms with Gasteiger partial charge in [-0.15, -0.1) is 0 Å². The second-order valence-corrected chi connectivity index (χ2v) is 5.44. The highest BCUT2D eigenvalue weighted by Gasteiger charge is 2.19. The predicted octanol–water partition coefficient (Wildman–Crippen LogP) is 2.38. The molecule has 0 heterocycles. The van der Waals surface area contributed by atoms with Gasteiger partial charge in [0, 0.05) is 26.7 Å².